The highest BCUT2D eigenvalue weighted by molar-refractivity contribution is 5.30. The van der Waals surface area contributed by atoms with Crippen molar-refractivity contribution in [2.75, 3.05) is 13.2 Å². The van der Waals surface area contributed by atoms with Crippen molar-refractivity contribution in [1.29, 1.82) is 0 Å². The lowest BCUT2D eigenvalue weighted by atomic mass is 9.39. The highest BCUT2D eigenvalue weighted by Crippen LogP contribution is 2.66. The molecule has 23 heavy (non-hydrogen) atoms. The summed E-state index contributed by atoms with van der Waals surface area (Å²) < 4.78 is 5.86. The standard InChI is InChI=1S/C20H24O3/c21-15-5-6-16(22)20-12-4-3-11(19(15)20)17-9-1-2-10(18(12)17)14-8-23-7-13(9)14/h1-6,9-22H,7-8H2/t9-,10+,11-,12+,13+,14-,15?,16?,17+,18-,19+,20-. The van der Waals surface area contributed by atoms with Gasteiger partial charge in [0.05, 0.1) is 25.4 Å². The molecule has 0 aromatic heterocycles. The molecule has 4 bridgehead atoms. The van der Waals surface area contributed by atoms with E-state index in [1.165, 1.54) is 0 Å². The number of allylic oxidation sites excluding steroid dienone is 4. The average molecular weight is 312 g/mol. The van der Waals surface area contributed by atoms with Gasteiger partial charge in [0.15, 0.2) is 0 Å². The number of rotatable bonds is 0. The number of aliphatic hydroxyl groups excluding tert-OH is 2. The maximum absolute atomic E-state index is 10.6. The second kappa shape index (κ2) is 4.38. The first kappa shape index (κ1) is 13.4. The number of hydrogen-bond acceptors (Lipinski definition) is 3. The van der Waals surface area contributed by atoms with Crippen molar-refractivity contribution in [2.45, 2.75) is 12.2 Å². The maximum atomic E-state index is 10.6. The van der Waals surface area contributed by atoms with Crippen molar-refractivity contribution < 1.29 is 14.9 Å². The van der Waals surface area contributed by atoms with Crippen LogP contribution in [0, 0.1) is 59.2 Å². The Kier molecular flexibility index (Phi) is 2.55. The van der Waals surface area contributed by atoms with Crippen LogP contribution in [0.3, 0.4) is 0 Å². The Balaban J connectivity index is 1.49. The van der Waals surface area contributed by atoms with E-state index in [2.05, 4.69) is 24.3 Å². The molecule has 0 aromatic carbocycles. The highest BCUT2D eigenvalue weighted by atomic mass is 16.5. The largest absolute Gasteiger partial charge is 0.389 e. The molecule has 0 amide bonds. The van der Waals surface area contributed by atoms with Gasteiger partial charge < -0.3 is 14.9 Å². The lowest BCUT2D eigenvalue weighted by Gasteiger charge is -2.65. The third kappa shape index (κ3) is 1.48. The first-order valence-corrected chi connectivity index (χ1v) is 9.24. The second-order valence-corrected chi connectivity index (χ2v) is 8.62. The molecule has 0 radical (unpaired) electrons. The van der Waals surface area contributed by atoms with E-state index in [1.807, 2.05) is 12.2 Å². The van der Waals surface area contributed by atoms with E-state index in [4.69, 9.17) is 4.74 Å². The van der Waals surface area contributed by atoms with Crippen molar-refractivity contribution in [3.63, 3.8) is 0 Å². The summed E-state index contributed by atoms with van der Waals surface area (Å²) in [5.41, 5.74) is 0. The van der Waals surface area contributed by atoms with Crippen LogP contribution in [-0.2, 0) is 4.74 Å². The minimum Gasteiger partial charge on any atom is -0.389 e. The zero-order valence-electron chi connectivity index (χ0n) is 13.1. The number of aliphatic hydroxyl groups is 2. The first-order chi connectivity index (χ1) is 11.3. The number of ether oxygens (including phenoxy) is 1. The molecule has 3 heteroatoms. The monoisotopic (exact) mass is 312 g/mol. The molecule has 12 atom stereocenters. The van der Waals surface area contributed by atoms with Crippen molar-refractivity contribution in [3.05, 3.63) is 36.5 Å². The quantitative estimate of drug-likeness (QED) is 0.669. The van der Waals surface area contributed by atoms with E-state index >= 15 is 0 Å². The van der Waals surface area contributed by atoms with Gasteiger partial charge in [0.1, 0.15) is 0 Å². The molecular formula is C20H24O3. The van der Waals surface area contributed by atoms with Crippen LogP contribution in [0.4, 0.5) is 0 Å². The lowest BCUT2D eigenvalue weighted by Crippen LogP contribution is -2.63. The van der Waals surface area contributed by atoms with Gasteiger partial charge in [-0.3, -0.25) is 0 Å². The van der Waals surface area contributed by atoms with Crippen LogP contribution >= 0.6 is 0 Å². The summed E-state index contributed by atoms with van der Waals surface area (Å²) in [6, 6.07) is 0. The molecular weight excluding hydrogens is 288 g/mol. The summed E-state index contributed by atoms with van der Waals surface area (Å²) in [5.74, 6) is 5.04. The molecule has 2 N–H and O–H groups in total. The van der Waals surface area contributed by atoms with Gasteiger partial charge in [-0.05, 0) is 47.3 Å². The Morgan fingerprint density at radius 1 is 0.565 bits per heavy atom. The first-order valence-electron chi connectivity index (χ1n) is 9.24. The van der Waals surface area contributed by atoms with Gasteiger partial charge in [-0.2, -0.15) is 0 Å². The van der Waals surface area contributed by atoms with Gasteiger partial charge in [-0.15, -0.1) is 0 Å². The zero-order chi connectivity index (χ0) is 15.3. The molecule has 122 valence electrons. The summed E-state index contributed by atoms with van der Waals surface area (Å²) in [7, 11) is 0. The van der Waals surface area contributed by atoms with Gasteiger partial charge in [-0.1, -0.05) is 36.5 Å². The lowest BCUT2D eigenvalue weighted by molar-refractivity contribution is -0.143. The van der Waals surface area contributed by atoms with Crippen molar-refractivity contribution in [2.24, 2.45) is 59.2 Å². The Morgan fingerprint density at radius 2 is 1.00 bits per heavy atom. The predicted molar refractivity (Wildman–Crippen MR) is 85.2 cm³/mol. The average Bonchev–Trinajstić information content (AvgIpc) is 3.10. The van der Waals surface area contributed by atoms with E-state index in [9.17, 15) is 10.2 Å². The van der Waals surface area contributed by atoms with Crippen LogP contribution < -0.4 is 0 Å². The summed E-state index contributed by atoms with van der Waals surface area (Å²) >= 11 is 0. The van der Waals surface area contributed by atoms with Gasteiger partial charge in [0.25, 0.3) is 0 Å². The summed E-state index contributed by atoms with van der Waals surface area (Å²) in [4.78, 5) is 0. The number of hydrogen-bond donors (Lipinski definition) is 2. The van der Waals surface area contributed by atoms with Gasteiger partial charge in [0, 0.05) is 11.8 Å². The fraction of sp³-hybridized carbons (Fsp3) is 0.700. The minimum atomic E-state index is -0.401. The predicted octanol–water partition coefficient (Wildman–Crippen LogP) is 1.64. The summed E-state index contributed by atoms with van der Waals surface area (Å²) in [6.45, 7) is 1.83. The van der Waals surface area contributed by atoms with Crippen molar-refractivity contribution >= 4 is 0 Å². The van der Waals surface area contributed by atoms with Gasteiger partial charge >= 0.3 is 0 Å². The van der Waals surface area contributed by atoms with E-state index in [0.717, 1.165) is 13.2 Å². The Labute approximate surface area is 136 Å². The molecule has 1 heterocycles. The molecule has 1 saturated heterocycles. The third-order valence-corrected chi connectivity index (χ3v) is 8.12. The van der Waals surface area contributed by atoms with Crippen LogP contribution in [-0.4, -0.2) is 35.6 Å². The molecule has 8 aliphatic rings. The van der Waals surface area contributed by atoms with Crippen LogP contribution in [0.5, 0.6) is 0 Å². The Morgan fingerprint density at radius 3 is 1.48 bits per heavy atom. The molecule has 2 unspecified atom stereocenters. The highest BCUT2D eigenvalue weighted by Gasteiger charge is 2.64. The topological polar surface area (TPSA) is 49.7 Å². The Bertz CT molecular complexity index is 572. The van der Waals surface area contributed by atoms with Crippen LogP contribution in [0.25, 0.3) is 0 Å². The maximum Gasteiger partial charge on any atom is 0.0759 e. The van der Waals surface area contributed by atoms with E-state index < -0.39 is 12.2 Å². The molecule has 1 aliphatic heterocycles. The van der Waals surface area contributed by atoms with Crippen LogP contribution in [0.2, 0.25) is 0 Å². The summed E-state index contributed by atoms with van der Waals surface area (Å²) in [5, 5.41) is 21.2. The van der Waals surface area contributed by atoms with Gasteiger partial charge in [-0.25, -0.2) is 0 Å². The zero-order valence-corrected chi connectivity index (χ0v) is 13.1. The third-order valence-electron chi connectivity index (χ3n) is 8.12. The van der Waals surface area contributed by atoms with Gasteiger partial charge in [0.2, 0.25) is 0 Å². The van der Waals surface area contributed by atoms with Crippen LogP contribution in [0.1, 0.15) is 0 Å². The fourth-order valence-corrected chi connectivity index (χ4v) is 7.48. The minimum absolute atomic E-state index is 0.194. The van der Waals surface area contributed by atoms with E-state index in [0.29, 0.717) is 47.3 Å². The SMILES string of the molecule is OC1C=CC(O)[C@H]2[C@H]3C=C[C@@H]([C@@H]12)[C@@H]1[C@@H]2C=C[C@@H]([C@H]4COC[C@@H]24)[C@H]31. The second-order valence-electron chi connectivity index (χ2n) is 8.62. The van der Waals surface area contributed by atoms with E-state index in [1.54, 1.807) is 0 Å². The van der Waals surface area contributed by atoms with Crippen molar-refractivity contribution in [3.8, 4) is 0 Å². The molecule has 3 nitrogen and oxygen atoms in total. The molecule has 2 saturated carbocycles. The van der Waals surface area contributed by atoms with Crippen molar-refractivity contribution in [1.82, 2.24) is 0 Å². The normalized spacial score (nSPS) is 63.9. The van der Waals surface area contributed by atoms with E-state index in [-0.39, 0.29) is 11.8 Å². The Hall–Kier alpha value is -0.900. The molecule has 8 rings (SSSR count). The molecule has 0 aromatic rings. The summed E-state index contributed by atoms with van der Waals surface area (Å²) in [6.07, 6.45) is 12.5. The smallest absolute Gasteiger partial charge is 0.0759 e. The molecule has 0 spiro atoms. The fourth-order valence-electron chi connectivity index (χ4n) is 7.48. The van der Waals surface area contributed by atoms with Crippen LogP contribution in [0.15, 0.2) is 36.5 Å². The molecule has 7 aliphatic carbocycles. The molecule has 3 fully saturated rings.